The van der Waals surface area contributed by atoms with Gasteiger partial charge in [-0.2, -0.15) is 0 Å². The number of para-hydroxylation sites is 1. The highest BCUT2D eigenvalue weighted by molar-refractivity contribution is 5.95. The Kier molecular flexibility index (Phi) is 7.28. The van der Waals surface area contributed by atoms with Crippen LogP contribution in [0.5, 0.6) is 5.75 Å². The summed E-state index contributed by atoms with van der Waals surface area (Å²) >= 11 is 0. The van der Waals surface area contributed by atoms with Gasteiger partial charge in [0.2, 0.25) is 5.91 Å². The monoisotopic (exact) mass is 490 g/mol. The van der Waals surface area contributed by atoms with E-state index in [1.165, 1.54) is 0 Å². The van der Waals surface area contributed by atoms with E-state index in [9.17, 15) is 9.59 Å². The zero-order valence-electron chi connectivity index (χ0n) is 21.2. The Morgan fingerprint density at radius 3 is 2.44 bits per heavy atom. The number of benzene rings is 2. The van der Waals surface area contributed by atoms with Crippen LogP contribution in [-0.2, 0) is 11.4 Å². The first-order valence-electron chi connectivity index (χ1n) is 12.2. The number of nitrogens with zero attached hydrogens (tertiary/aromatic N) is 1. The molecule has 0 spiro atoms. The quantitative estimate of drug-likeness (QED) is 0.283. The number of nitrogens with one attached hydrogen (secondary N) is 3. The first-order chi connectivity index (χ1) is 17.1. The molecule has 0 radical (unpaired) electrons. The van der Waals surface area contributed by atoms with Crippen molar-refractivity contribution in [2.45, 2.75) is 46.3 Å². The molecular weight excluding hydrogens is 456 g/mol. The Bertz CT molecular complexity index is 1250. The van der Waals surface area contributed by atoms with Crippen LogP contribution in [0.1, 0.15) is 48.8 Å². The molecule has 4 rings (SSSR count). The molecule has 8 heteroatoms. The summed E-state index contributed by atoms with van der Waals surface area (Å²) in [4.78, 5) is 29.7. The van der Waals surface area contributed by atoms with Crippen LogP contribution in [0.2, 0.25) is 0 Å². The van der Waals surface area contributed by atoms with E-state index in [-0.39, 0.29) is 23.7 Å². The number of hydrogen-bond acceptors (Lipinski definition) is 6. The summed E-state index contributed by atoms with van der Waals surface area (Å²) in [6, 6.07) is 17.1. The smallest absolute Gasteiger partial charge is 0.251 e. The third kappa shape index (κ3) is 5.50. The molecule has 1 unspecified atom stereocenters. The van der Waals surface area contributed by atoms with E-state index in [0.29, 0.717) is 31.0 Å². The molecule has 2 heterocycles. The van der Waals surface area contributed by atoms with Gasteiger partial charge in [-0.15, -0.1) is 0 Å². The summed E-state index contributed by atoms with van der Waals surface area (Å²) in [6.07, 6.45) is 0.109. The van der Waals surface area contributed by atoms with Crippen molar-refractivity contribution in [3.05, 3.63) is 71.4 Å². The number of pyridine rings is 1. The Balaban J connectivity index is 1.45. The predicted octanol–water partition coefficient (Wildman–Crippen LogP) is 3.75. The summed E-state index contributed by atoms with van der Waals surface area (Å²) < 4.78 is 6.02. The maximum absolute atomic E-state index is 13.2. The fourth-order valence-electron chi connectivity index (χ4n) is 5.05. The molecule has 36 heavy (non-hydrogen) atoms. The van der Waals surface area contributed by atoms with Crippen LogP contribution < -0.4 is 20.9 Å². The molecule has 0 saturated carbocycles. The van der Waals surface area contributed by atoms with Gasteiger partial charge in [-0.3, -0.25) is 19.8 Å². The van der Waals surface area contributed by atoms with E-state index < -0.39 is 11.4 Å². The summed E-state index contributed by atoms with van der Waals surface area (Å²) in [6.45, 7) is 9.58. The number of rotatable bonds is 8. The number of ether oxygens (including phenoxy) is 1. The number of carbonyl (C=O) groups is 2. The topological polar surface area (TPSA) is 113 Å². The lowest BCUT2D eigenvalue weighted by Gasteiger charge is -2.53. The van der Waals surface area contributed by atoms with Crippen LogP contribution >= 0.6 is 0 Å². The van der Waals surface area contributed by atoms with Crippen molar-refractivity contribution in [1.29, 1.82) is 0 Å². The van der Waals surface area contributed by atoms with Crippen LogP contribution in [-0.4, -0.2) is 40.6 Å². The Labute approximate surface area is 211 Å². The Morgan fingerprint density at radius 1 is 1.14 bits per heavy atom. The normalized spacial score (nSPS) is 15.6. The zero-order valence-corrected chi connectivity index (χ0v) is 21.2. The van der Waals surface area contributed by atoms with Crippen molar-refractivity contribution < 1.29 is 19.5 Å². The van der Waals surface area contributed by atoms with E-state index in [2.05, 4.69) is 15.6 Å². The molecule has 3 aromatic rings. The van der Waals surface area contributed by atoms with Crippen LogP contribution in [0.25, 0.3) is 10.9 Å². The SMILES string of the molecule is Cc1cc(COc2ccc(C(=O)NC3(C(CC(=O)NO)C(C)(C)C)CNC3)cc2)c2ccccc2n1. The van der Waals surface area contributed by atoms with E-state index in [0.717, 1.165) is 22.2 Å². The third-order valence-corrected chi connectivity index (χ3v) is 6.91. The average Bonchev–Trinajstić information content (AvgIpc) is 2.82. The highest BCUT2D eigenvalue weighted by atomic mass is 16.5. The molecule has 2 amide bonds. The molecule has 1 saturated heterocycles. The van der Waals surface area contributed by atoms with Crippen LogP contribution in [0, 0.1) is 18.3 Å². The number of hydrogen-bond donors (Lipinski definition) is 4. The summed E-state index contributed by atoms with van der Waals surface area (Å²) in [7, 11) is 0. The maximum atomic E-state index is 13.2. The van der Waals surface area contributed by atoms with Crippen molar-refractivity contribution in [3.8, 4) is 5.75 Å². The minimum Gasteiger partial charge on any atom is -0.489 e. The second kappa shape index (κ2) is 10.2. The molecule has 0 aliphatic carbocycles. The molecule has 1 atom stereocenters. The third-order valence-electron chi connectivity index (χ3n) is 6.91. The average molecular weight is 491 g/mol. The van der Waals surface area contributed by atoms with E-state index in [1.807, 2.05) is 58.0 Å². The van der Waals surface area contributed by atoms with Crippen LogP contribution in [0.4, 0.5) is 0 Å². The van der Waals surface area contributed by atoms with Gasteiger partial charge in [-0.05, 0) is 54.7 Å². The fraction of sp³-hybridized carbons (Fsp3) is 0.393. The standard InChI is InChI=1S/C28H34N4O4/c1-18-13-20(22-7-5-6-8-23(22)30-18)15-36-21-11-9-19(10-12-21)26(34)31-28(16-29-17-28)24(27(2,3)4)14-25(33)32-35/h5-13,24,29,35H,14-17H2,1-4H3,(H,31,34)(H,32,33). The molecule has 4 N–H and O–H groups in total. The molecule has 1 fully saturated rings. The summed E-state index contributed by atoms with van der Waals surface area (Å²) in [5.74, 6) is -0.188. The lowest BCUT2D eigenvalue weighted by atomic mass is 9.64. The molecule has 1 aliphatic rings. The minimum atomic E-state index is -0.586. The van der Waals surface area contributed by atoms with Gasteiger partial charge >= 0.3 is 0 Å². The first-order valence-corrected chi connectivity index (χ1v) is 12.2. The lowest BCUT2D eigenvalue weighted by Crippen LogP contribution is -2.74. The summed E-state index contributed by atoms with van der Waals surface area (Å²) in [5.41, 5.74) is 4.31. The van der Waals surface area contributed by atoms with Gasteiger partial charge in [0.15, 0.2) is 0 Å². The van der Waals surface area contributed by atoms with Gasteiger partial charge in [0.25, 0.3) is 5.91 Å². The van der Waals surface area contributed by atoms with Crippen LogP contribution in [0.15, 0.2) is 54.6 Å². The van der Waals surface area contributed by atoms with Gasteiger partial charge in [-0.1, -0.05) is 39.0 Å². The highest BCUT2D eigenvalue weighted by Gasteiger charge is 2.50. The van der Waals surface area contributed by atoms with Crippen molar-refractivity contribution in [2.24, 2.45) is 11.3 Å². The number of aryl methyl sites for hydroxylation is 1. The molecule has 1 aliphatic heterocycles. The first kappa shape index (κ1) is 25.6. The van der Waals surface area contributed by atoms with E-state index in [1.54, 1.807) is 29.7 Å². The minimum absolute atomic E-state index is 0.109. The van der Waals surface area contributed by atoms with Crippen molar-refractivity contribution in [3.63, 3.8) is 0 Å². The summed E-state index contributed by atoms with van der Waals surface area (Å²) in [5, 5.41) is 16.5. The Hall–Kier alpha value is -3.49. The van der Waals surface area contributed by atoms with Gasteiger partial charge in [0, 0.05) is 41.7 Å². The fourth-order valence-corrected chi connectivity index (χ4v) is 5.05. The zero-order chi connectivity index (χ0) is 25.9. The molecule has 1 aromatic heterocycles. The van der Waals surface area contributed by atoms with Gasteiger partial charge in [0.1, 0.15) is 12.4 Å². The van der Waals surface area contributed by atoms with Crippen molar-refractivity contribution >= 4 is 22.7 Å². The molecule has 0 bridgehead atoms. The van der Waals surface area contributed by atoms with Gasteiger partial charge in [0.05, 0.1) is 11.1 Å². The van der Waals surface area contributed by atoms with Gasteiger partial charge in [-0.25, -0.2) is 5.48 Å². The molecule has 190 valence electrons. The number of amides is 2. The molecule has 2 aromatic carbocycles. The van der Waals surface area contributed by atoms with Crippen molar-refractivity contribution in [2.75, 3.05) is 13.1 Å². The number of fused-ring (bicyclic) bond motifs is 1. The van der Waals surface area contributed by atoms with Crippen molar-refractivity contribution in [1.82, 2.24) is 21.1 Å². The number of carbonyl (C=O) groups excluding carboxylic acids is 2. The Morgan fingerprint density at radius 2 is 1.83 bits per heavy atom. The molecular formula is C28H34N4O4. The van der Waals surface area contributed by atoms with Crippen LogP contribution in [0.3, 0.4) is 0 Å². The molecule has 8 nitrogen and oxygen atoms in total. The second-order valence-corrected chi connectivity index (χ2v) is 10.6. The highest BCUT2D eigenvalue weighted by Crippen LogP contribution is 2.39. The maximum Gasteiger partial charge on any atom is 0.251 e. The second-order valence-electron chi connectivity index (χ2n) is 10.6. The number of hydroxylamine groups is 1. The number of aromatic nitrogens is 1. The largest absolute Gasteiger partial charge is 0.489 e. The van der Waals surface area contributed by atoms with Gasteiger partial charge < -0.3 is 15.4 Å². The lowest BCUT2D eigenvalue weighted by molar-refractivity contribution is -0.132. The van der Waals surface area contributed by atoms with E-state index >= 15 is 0 Å². The predicted molar refractivity (Wildman–Crippen MR) is 138 cm³/mol. The van der Waals surface area contributed by atoms with E-state index in [4.69, 9.17) is 9.94 Å².